The number of hydrogen-bond acceptors (Lipinski definition) is 6. The first kappa shape index (κ1) is 16.8. The van der Waals surface area contributed by atoms with Crippen molar-refractivity contribution in [2.45, 2.75) is 9.79 Å². The van der Waals surface area contributed by atoms with E-state index < -0.39 is 15.9 Å². The lowest BCUT2D eigenvalue weighted by molar-refractivity contribution is 0.187. The lowest BCUT2D eigenvalue weighted by atomic mass is 10.3. The van der Waals surface area contributed by atoms with E-state index in [1.807, 2.05) is 0 Å². The molecule has 0 aliphatic rings. The van der Waals surface area contributed by atoms with E-state index in [1.165, 1.54) is 49.2 Å². The minimum Gasteiger partial charge on any atom is -0.497 e. The van der Waals surface area contributed by atoms with Gasteiger partial charge >= 0.3 is 6.09 Å². The van der Waals surface area contributed by atoms with Gasteiger partial charge in [-0.3, -0.25) is 5.32 Å². The van der Waals surface area contributed by atoms with Crippen LogP contribution < -0.4 is 10.1 Å². The van der Waals surface area contributed by atoms with E-state index in [-0.39, 0.29) is 15.6 Å². The molecule has 0 radical (unpaired) electrons. The van der Waals surface area contributed by atoms with Crippen LogP contribution in [0.15, 0.2) is 58.6 Å². The molecule has 8 nitrogen and oxygen atoms in total. The summed E-state index contributed by atoms with van der Waals surface area (Å²) in [7, 11) is -1.01. The minimum atomic E-state index is -3.72. The number of imidazole rings is 1. The van der Waals surface area contributed by atoms with Gasteiger partial charge in [0.1, 0.15) is 11.4 Å². The number of carbonyl (C=O) groups excluding carboxylic acids is 1. The van der Waals surface area contributed by atoms with Crippen LogP contribution in [0.5, 0.6) is 5.75 Å². The average Bonchev–Trinajstić information content (AvgIpc) is 3.02. The Kier molecular flexibility index (Phi) is 4.32. The zero-order valence-electron chi connectivity index (χ0n) is 13.5. The van der Waals surface area contributed by atoms with Crippen molar-refractivity contribution in [1.29, 1.82) is 0 Å². The largest absolute Gasteiger partial charge is 0.497 e. The SMILES string of the molecule is COC(=O)Nc1cn2cc(S(=O)(=O)c3cccc(OC)c3)ccc2n1. The molecule has 0 fully saturated rings. The summed E-state index contributed by atoms with van der Waals surface area (Å²) in [6.07, 6.45) is 2.27. The monoisotopic (exact) mass is 361 g/mol. The van der Waals surface area contributed by atoms with Crippen LogP contribution in [0.3, 0.4) is 0 Å². The van der Waals surface area contributed by atoms with Gasteiger partial charge in [0, 0.05) is 6.20 Å². The number of methoxy groups -OCH3 is 2. The number of nitrogens with zero attached hydrogens (tertiary/aromatic N) is 2. The Balaban J connectivity index is 2.01. The molecule has 1 aromatic carbocycles. The molecule has 2 heterocycles. The number of aromatic nitrogens is 2. The first-order chi connectivity index (χ1) is 11.9. The predicted octanol–water partition coefficient (Wildman–Crippen LogP) is 2.35. The molecule has 0 spiro atoms. The van der Waals surface area contributed by atoms with Gasteiger partial charge in [-0.05, 0) is 30.3 Å². The molecule has 25 heavy (non-hydrogen) atoms. The smallest absolute Gasteiger partial charge is 0.412 e. The van der Waals surface area contributed by atoms with Gasteiger partial charge < -0.3 is 13.9 Å². The number of amides is 1. The Bertz CT molecular complexity index is 1040. The molecule has 0 saturated heterocycles. The van der Waals surface area contributed by atoms with Gasteiger partial charge in [0.25, 0.3) is 0 Å². The van der Waals surface area contributed by atoms with Crippen LogP contribution in [0.2, 0.25) is 0 Å². The van der Waals surface area contributed by atoms with E-state index >= 15 is 0 Å². The van der Waals surface area contributed by atoms with E-state index in [9.17, 15) is 13.2 Å². The Morgan fingerprint density at radius 1 is 1.12 bits per heavy atom. The second-order valence-corrected chi connectivity index (χ2v) is 7.01. The molecule has 0 bridgehead atoms. The third kappa shape index (κ3) is 3.26. The quantitative estimate of drug-likeness (QED) is 0.766. The molecule has 9 heteroatoms. The number of anilines is 1. The van der Waals surface area contributed by atoms with Gasteiger partial charge in [-0.2, -0.15) is 0 Å². The highest BCUT2D eigenvalue weighted by Gasteiger charge is 2.19. The van der Waals surface area contributed by atoms with Crippen molar-refractivity contribution in [3.8, 4) is 5.75 Å². The number of fused-ring (bicyclic) bond motifs is 1. The Morgan fingerprint density at radius 2 is 1.92 bits per heavy atom. The number of nitrogens with one attached hydrogen (secondary N) is 1. The van der Waals surface area contributed by atoms with Crippen molar-refractivity contribution in [3.05, 3.63) is 48.8 Å². The van der Waals surface area contributed by atoms with Gasteiger partial charge in [-0.15, -0.1) is 0 Å². The standard InChI is InChI=1S/C16H15N3O5S/c1-23-11-4-3-5-12(8-11)25(21,22)13-6-7-15-17-14(10-19(15)9-13)18-16(20)24-2/h3-10H,1-2H3,(H,18,20). The lowest BCUT2D eigenvalue weighted by Crippen LogP contribution is -2.10. The number of benzene rings is 1. The van der Waals surface area contributed by atoms with Crippen LogP contribution in [-0.4, -0.2) is 38.1 Å². The fraction of sp³-hybridized carbons (Fsp3) is 0.125. The predicted molar refractivity (Wildman–Crippen MR) is 89.7 cm³/mol. The van der Waals surface area contributed by atoms with Gasteiger partial charge in [-0.1, -0.05) is 6.07 Å². The van der Waals surface area contributed by atoms with Crippen molar-refractivity contribution in [2.24, 2.45) is 0 Å². The molecule has 0 aliphatic carbocycles. The second-order valence-electron chi connectivity index (χ2n) is 5.06. The topological polar surface area (TPSA) is 99.0 Å². The average molecular weight is 361 g/mol. The summed E-state index contributed by atoms with van der Waals surface area (Å²) in [4.78, 5) is 15.6. The van der Waals surface area contributed by atoms with Gasteiger partial charge in [0.2, 0.25) is 9.84 Å². The van der Waals surface area contributed by atoms with Gasteiger partial charge in [0.05, 0.1) is 30.2 Å². The van der Waals surface area contributed by atoms with Crippen molar-refractivity contribution in [3.63, 3.8) is 0 Å². The summed E-state index contributed by atoms with van der Waals surface area (Å²) in [5.74, 6) is 0.706. The molecule has 2 aromatic heterocycles. The number of sulfone groups is 1. The van der Waals surface area contributed by atoms with Crippen molar-refractivity contribution < 1.29 is 22.7 Å². The number of carbonyl (C=O) groups is 1. The highest BCUT2D eigenvalue weighted by Crippen LogP contribution is 2.25. The highest BCUT2D eigenvalue weighted by molar-refractivity contribution is 7.91. The number of ether oxygens (including phenoxy) is 2. The third-order valence-corrected chi connectivity index (χ3v) is 5.24. The maximum atomic E-state index is 12.8. The van der Waals surface area contributed by atoms with E-state index in [2.05, 4.69) is 15.0 Å². The van der Waals surface area contributed by atoms with Gasteiger partial charge in [0.15, 0.2) is 5.82 Å². The number of rotatable bonds is 4. The van der Waals surface area contributed by atoms with Crippen molar-refractivity contribution in [1.82, 2.24) is 9.38 Å². The first-order valence-corrected chi connectivity index (χ1v) is 8.65. The van der Waals surface area contributed by atoms with E-state index in [0.717, 1.165) is 0 Å². The summed E-state index contributed by atoms with van der Waals surface area (Å²) in [5.41, 5.74) is 0.482. The van der Waals surface area contributed by atoms with Crippen LogP contribution in [0.1, 0.15) is 0 Å². The number of pyridine rings is 1. The lowest BCUT2D eigenvalue weighted by Gasteiger charge is -2.07. The summed E-state index contributed by atoms with van der Waals surface area (Å²) < 4.78 is 36.7. The molecule has 0 atom stereocenters. The van der Waals surface area contributed by atoms with Crippen molar-refractivity contribution in [2.75, 3.05) is 19.5 Å². The maximum absolute atomic E-state index is 12.8. The molecule has 0 saturated carbocycles. The zero-order valence-corrected chi connectivity index (χ0v) is 14.3. The molecule has 1 amide bonds. The van der Waals surface area contributed by atoms with Crippen LogP contribution in [0, 0.1) is 0 Å². The van der Waals surface area contributed by atoms with Crippen LogP contribution in [0.25, 0.3) is 5.65 Å². The summed E-state index contributed by atoms with van der Waals surface area (Å²) >= 11 is 0. The van der Waals surface area contributed by atoms with Gasteiger partial charge in [-0.25, -0.2) is 18.2 Å². The molecule has 0 unspecified atom stereocenters. The van der Waals surface area contributed by atoms with E-state index in [1.54, 1.807) is 18.2 Å². The molecule has 3 aromatic rings. The first-order valence-electron chi connectivity index (χ1n) is 7.17. The summed E-state index contributed by atoms with van der Waals surface area (Å²) in [5, 5.41) is 2.43. The normalized spacial score (nSPS) is 11.3. The second kappa shape index (κ2) is 6.44. The van der Waals surface area contributed by atoms with Crippen LogP contribution in [0.4, 0.5) is 10.6 Å². The maximum Gasteiger partial charge on any atom is 0.412 e. The molecule has 130 valence electrons. The minimum absolute atomic E-state index is 0.0928. The van der Waals surface area contributed by atoms with Crippen LogP contribution in [-0.2, 0) is 14.6 Å². The zero-order chi connectivity index (χ0) is 18.0. The fourth-order valence-corrected chi connectivity index (χ4v) is 3.55. The summed E-state index contributed by atoms with van der Waals surface area (Å²) in [6.45, 7) is 0. The Morgan fingerprint density at radius 3 is 2.64 bits per heavy atom. The summed E-state index contributed by atoms with van der Waals surface area (Å²) in [6, 6.07) is 9.25. The Labute approximate surface area is 143 Å². The van der Waals surface area contributed by atoms with E-state index in [4.69, 9.17) is 4.74 Å². The highest BCUT2D eigenvalue weighted by atomic mass is 32.2. The molecule has 1 N–H and O–H groups in total. The fourth-order valence-electron chi connectivity index (χ4n) is 2.25. The van der Waals surface area contributed by atoms with Crippen molar-refractivity contribution >= 4 is 27.4 Å². The van der Waals surface area contributed by atoms with Crippen LogP contribution >= 0.6 is 0 Å². The molecule has 3 rings (SSSR count). The number of hydrogen-bond donors (Lipinski definition) is 1. The Hall–Kier alpha value is -3.07. The third-order valence-electron chi connectivity index (χ3n) is 3.50. The molecule has 0 aliphatic heterocycles. The molecular weight excluding hydrogens is 346 g/mol. The van der Waals surface area contributed by atoms with E-state index in [0.29, 0.717) is 11.4 Å². The molecular formula is C16H15N3O5S.